The minimum atomic E-state index is 0.986. The minimum Gasteiger partial charge on any atom is -0.0732 e. The molecule has 0 heterocycles. The Balaban J connectivity index is 2.58. The van der Waals surface area contributed by atoms with Crippen LogP contribution in [-0.4, -0.2) is 0 Å². The molecule has 2 heteroatoms. The topological polar surface area (TPSA) is 0 Å². The van der Waals surface area contributed by atoms with Crippen LogP contribution in [0.25, 0.3) is 0 Å². The quantitative estimate of drug-likeness (QED) is 0.762. The third-order valence-corrected chi connectivity index (χ3v) is 2.66. The second-order valence-corrected chi connectivity index (χ2v) is 4.01. The second-order valence-electron chi connectivity index (χ2n) is 2.95. The highest BCUT2D eigenvalue weighted by atomic mass is 79.9. The molecule has 0 saturated carbocycles. The van der Waals surface area contributed by atoms with E-state index in [-0.39, 0.29) is 0 Å². The monoisotopic (exact) mass is 314 g/mol. The number of halogens is 2. The molecule has 0 fully saturated rings. The Hall–Kier alpha value is -0.340. The Morgan fingerprint density at radius 3 is 1.43 bits per heavy atom. The van der Waals surface area contributed by atoms with Crippen molar-refractivity contribution in [2.75, 3.05) is 0 Å². The van der Waals surface area contributed by atoms with Crippen LogP contribution in [0.2, 0.25) is 0 Å². The van der Waals surface area contributed by atoms with Crippen LogP contribution in [0.15, 0.2) is 46.4 Å². The highest BCUT2D eigenvalue weighted by Crippen LogP contribution is 2.07. The van der Waals surface area contributed by atoms with Gasteiger partial charge in [0.15, 0.2) is 0 Å². The Morgan fingerprint density at radius 1 is 0.786 bits per heavy atom. The van der Waals surface area contributed by atoms with E-state index >= 15 is 0 Å². The highest BCUT2D eigenvalue weighted by molar-refractivity contribution is 9.11. The predicted octanol–water partition coefficient (Wildman–Crippen LogP) is 4.59. The number of rotatable bonds is 4. The molecule has 0 aliphatic carbocycles. The van der Waals surface area contributed by atoms with E-state index in [1.165, 1.54) is 11.1 Å². The first-order valence-corrected chi connectivity index (χ1v) is 6.28. The van der Waals surface area contributed by atoms with Crippen molar-refractivity contribution < 1.29 is 0 Å². The van der Waals surface area contributed by atoms with Gasteiger partial charge in [0.1, 0.15) is 0 Å². The van der Waals surface area contributed by atoms with Gasteiger partial charge in [0.2, 0.25) is 0 Å². The van der Waals surface area contributed by atoms with Crippen LogP contribution in [0.3, 0.4) is 0 Å². The lowest BCUT2D eigenvalue weighted by Crippen LogP contribution is -1.84. The fourth-order valence-electron chi connectivity index (χ4n) is 1.17. The van der Waals surface area contributed by atoms with Crippen LogP contribution in [0.1, 0.15) is 11.1 Å². The summed E-state index contributed by atoms with van der Waals surface area (Å²) in [5, 5.41) is 0. The molecule has 14 heavy (non-hydrogen) atoms. The molecule has 0 aliphatic rings. The number of benzene rings is 1. The third kappa shape index (κ3) is 4.25. The number of hydrogen-bond acceptors (Lipinski definition) is 0. The third-order valence-electron chi connectivity index (χ3n) is 1.91. The molecule has 0 radical (unpaired) electrons. The maximum atomic E-state index is 3.26. The van der Waals surface area contributed by atoms with Gasteiger partial charge in [-0.3, -0.25) is 0 Å². The van der Waals surface area contributed by atoms with E-state index in [9.17, 15) is 0 Å². The van der Waals surface area contributed by atoms with E-state index in [0.717, 1.165) is 12.8 Å². The average Bonchev–Trinajstić information content (AvgIpc) is 2.25. The second kappa shape index (κ2) is 7.02. The van der Waals surface area contributed by atoms with Crippen LogP contribution in [0, 0.1) is 0 Å². The van der Waals surface area contributed by atoms with Gasteiger partial charge in [-0.15, -0.1) is 0 Å². The van der Waals surface area contributed by atoms with Gasteiger partial charge in [-0.1, -0.05) is 68.3 Å². The summed E-state index contributed by atoms with van der Waals surface area (Å²) in [6.07, 6.45) is 6.15. The molecule has 0 saturated heterocycles. The summed E-state index contributed by atoms with van der Waals surface area (Å²) in [6.45, 7) is 0. The predicted molar refractivity (Wildman–Crippen MR) is 70.0 cm³/mol. The van der Waals surface area contributed by atoms with Crippen molar-refractivity contribution in [3.05, 3.63) is 57.5 Å². The maximum Gasteiger partial charge on any atom is -0.00892 e. The van der Waals surface area contributed by atoms with Gasteiger partial charge in [0, 0.05) is 0 Å². The molecule has 0 amide bonds. The highest BCUT2D eigenvalue weighted by Gasteiger charge is 1.91. The van der Waals surface area contributed by atoms with Gasteiger partial charge < -0.3 is 0 Å². The zero-order valence-electron chi connectivity index (χ0n) is 7.79. The van der Waals surface area contributed by atoms with E-state index in [0.29, 0.717) is 0 Å². The minimum absolute atomic E-state index is 0.986. The van der Waals surface area contributed by atoms with Gasteiger partial charge >= 0.3 is 0 Å². The molecule has 0 spiro atoms. The van der Waals surface area contributed by atoms with Gasteiger partial charge in [-0.05, 0) is 33.9 Å². The van der Waals surface area contributed by atoms with E-state index < -0.39 is 0 Å². The molecule has 0 bridgehead atoms. The Labute approximate surface area is 102 Å². The molecule has 1 rings (SSSR count). The summed E-state index contributed by atoms with van der Waals surface area (Å²) in [6, 6.07) is 8.68. The molecule has 74 valence electrons. The standard InChI is InChI=1S/C12H12Br2/c13-9-1-3-11-5-7-12(8-6-11)4-2-10-14/h1-2,5-10H,3-4H2/b9-1+,10-2+. The molecule has 0 aliphatic heterocycles. The molecular formula is C12H12Br2. The molecule has 0 atom stereocenters. The van der Waals surface area contributed by atoms with Crippen LogP contribution >= 0.6 is 31.9 Å². The molecule has 0 nitrogen and oxygen atoms in total. The smallest absolute Gasteiger partial charge is 0.00892 e. The summed E-state index contributed by atoms with van der Waals surface area (Å²) in [7, 11) is 0. The fraction of sp³-hybridized carbons (Fsp3) is 0.167. The van der Waals surface area contributed by atoms with Crippen LogP contribution in [-0.2, 0) is 12.8 Å². The molecule has 0 N–H and O–H groups in total. The molecule has 0 unspecified atom stereocenters. The van der Waals surface area contributed by atoms with Crippen LogP contribution in [0.5, 0.6) is 0 Å². The molecule has 1 aromatic carbocycles. The Bertz CT molecular complexity index is 277. The average molecular weight is 316 g/mol. The van der Waals surface area contributed by atoms with Crippen LogP contribution < -0.4 is 0 Å². The van der Waals surface area contributed by atoms with Crippen molar-refractivity contribution in [2.24, 2.45) is 0 Å². The van der Waals surface area contributed by atoms with E-state index in [2.05, 4.69) is 68.3 Å². The lowest BCUT2D eigenvalue weighted by Gasteiger charge is -1.99. The van der Waals surface area contributed by atoms with Crippen molar-refractivity contribution in [3.63, 3.8) is 0 Å². The summed E-state index contributed by atoms with van der Waals surface area (Å²) in [5.74, 6) is 0. The Kier molecular flexibility index (Phi) is 5.88. The number of allylic oxidation sites excluding steroid dienone is 2. The van der Waals surface area contributed by atoms with E-state index in [1.807, 2.05) is 9.97 Å². The van der Waals surface area contributed by atoms with Crippen molar-refractivity contribution >= 4 is 31.9 Å². The number of hydrogen-bond donors (Lipinski definition) is 0. The van der Waals surface area contributed by atoms with Gasteiger partial charge in [0.25, 0.3) is 0 Å². The first kappa shape index (κ1) is 11.7. The van der Waals surface area contributed by atoms with Gasteiger partial charge in [0.05, 0.1) is 0 Å². The lowest BCUT2D eigenvalue weighted by atomic mass is 10.1. The summed E-state index contributed by atoms with van der Waals surface area (Å²) in [5.41, 5.74) is 2.68. The molecule has 1 aromatic rings. The first-order chi connectivity index (χ1) is 6.86. The first-order valence-electron chi connectivity index (χ1n) is 4.45. The molecular weight excluding hydrogens is 304 g/mol. The van der Waals surface area contributed by atoms with E-state index in [4.69, 9.17) is 0 Å². The van der Waals surface area contributed by atoms with Crippen molar-refractivity contribution in [3.8, 4) is 0 Å². The maximum absolute atomic E-state index is 3.26. The van der Waals surface area contributed by atoms with Gasteiger partial charge in [-0.25, -0.2) is 0 Å². The van der Waals surface area contributed by atoms with Crippen LogP contribution in [0.4, 0.5) is 0 Å². The summed E-state index contributed by atoms with van der Waals surface area (Å²) < 4.78 is 0. The van der Waals surface area contributed by atoms with E-state index in [1.54, 1.807) is 0 Å². The van der Waals surface area contributed by atoms with Crippen molar-refractivity contribution in [1.29, 1.82) is 0 Å². The Morgan fingerprint density at radius 2 is 1.14 bits per heavy atom. The zero-order valence-corrected chi connectivity index (χ0v) is 11.0. The van der Waals surface area contributed by atoms with Gasteiger partial charge in [-0.2, -0.15) is 0 Å². The van der Waals surface area contributed by atoms with Crippen molar-refractivity contribution in [1.82, 2.24) is 0 Å². The molecule has 0 aromatic heterocycles. The largest absolute Gasteiger partial charge is 0.0732 e. The fourth-order valence-corrected chi connectivity index (χ4v) is 1.55. The SMILES string of the molecule is Br/C=C/Cc1ccc(C/C=C/Br)cc1. The normalized spacial score (nSPS) is 11.6. The summed E-state index contributed by atoms with van der Waals surface area (Å²) in [4.78, 5) is 3.79. The summed E-state index contributed by atoms with van der Waals surface area (Å²) >= 11 is 6.52. The van der Waals surface area contributed by atoms with Crippen molar-refractivity contribution in [2.45, 2.75) is 12.8 Å². The zero-order chi connectivity index (χ0) is 10.2. The lowest BCUT2D eigenvalue weighted by molar-refractivity contribution is 1.22.